The molecule has 3 aromatic rings. The number of piperidine rings is 1. The number of likely N-dealkylation sites (tertiary alicyclic amines) is 1. The molecule has 0 radical (unpaired) electrons. The molecule has 4 rings (SSSR count). The third kappa shape index (κ3) is 7.64. The summed E-state index contributed by atoms with van der Waals surface area (Å²) in [5.41, 5.74) is 3.21. The highest BCUT2D eigenvalue weighted by atomic mass is 16.3. The van der Waals surface area contributed by atoms with Crippen molar-refractivity contribution >= 4 is 22.7 Å². The van der Waals surface area contributed by atoms with Gasteiger partial charge in [0.2, 0.25) is 0 Å². The maximum Gasteiger partial charge on any atom is 0.253 e. The molecule has 0 spiro atoms. The molecule has 1 amide bonds. The zero-order chi connectivity index (χ0) is 25.2. The number of phenolic OH excluding ortho intramolecular Hbond substituents is 1. The Balaban J connectivity index is 0.000000261. The number of hydrogen-bond acceptors (Lipinski definition) is 5. The molecule has 1 fully saturated rings. The lowest BCUT2D eigenvalue weighted by Gasteiger charge is -2.36. The van der Waals surface area contributed by atoms with Gasteiger partial charge in [0.05, 0.1) is 0 Å². The average Bonchev–Trinajstić information content (AvgIpc) is 3.33. The normalized spacial score (nSPS) is 14.1. The number of nitrogens with one attached hydrogen (secondary N) is 1. The average molecular weight is 479 g/mol. The van der Waals surface area contributed by atoms with Gasteiger partial charge >= 0.3 is 0 Å². The van der Waals surface area contributed by atoms with Crippen molar-refractivity contribution in [2.75, 3.05) is 13.1 Å². The Morgan fingerprint density at radius 1 is 1.00 bits per heavy atom. The number of hydrogen-bond donors (Lipinski definition) is 2. The maximum absolute atomic E-state index is 12.8. The van der Waals surface area contributed by atoms with Gasteiger partial charge in [0, 0.05) is 25.1 Å². The molecule has 2 aromatic carbocycles. The summed E-state index contributed by atoms with van der Waals surface area (Å²) >= 11 is 0. The van der Waals surface area contributed by atoms with Gasteiger partial charge in [-0.1, -0.05) is 51.7 Å². The van der Waals surface area contributed by atoms with Crippen molar-refractivity contribution in [2.24, 2.45) is 11.8 Å². The molecule has 0 unspecified atom stereocenters. The molecule has 1 saturated heterocycles. The lowest BCUT2D eigenvalue weighted by atomic mass is 9.79. The summed E-state index contributed by atoms with van der Waals surface area (Å²) in [5.74, 6) is 2.12. The van der Waals surface area contributed by atoms with Gasteiger partial charge in [0.15, 0.2) is 0 Å². The van der Waals surface area contributed by atoms with Crippen molar-refractivity contribution in [3.05, 3.63) is 53.6 Å². The van der Waals surface area contributed by atoms with E-state index >= 15 is 0 Å². The summed E-state index contributed by atoms with van der Waals surface area (Å²) in [6.07, 6.45) is 7.92. The molecule has 0 aliphatic carbocycles. The number of fused-ring (bicyclic) bond motifs is 1. The van der Waals surface area contributed by atoms with Crippen molar-refractivity contribution in [1.82, 2.24) is 20.3 Å². The Morgan fingerprint density at radius 3 is 2.23 bits per heavy atom. The SMILES string of the molecule is CC(=O)Cc1ccc(O)cc1.CCCC(CCC)C1CCN(C(=O)c2ccc3n[nH]nc3c2)CC1. The van der Waals surface area contributed by atoms with Crippen LogP contribution in [-0.2, 0) is 11.2 Å². The molecule has 0 atom stereocenters. The van der Waals surface area contributed by atoms with Crippen molar-refractivity contribution in [1.29, 1.82) is 0 Å². The van der Waals surface area contributed by atoms with E-state index in [1.54, 1.807) is 31.2 Å². The zero-order valence-electron chi connectivity index (χ0n) is 21.2. The largest absolute Gasteiger partial charge is 0.508 e. The fraction of sp³-hybridized carbons (Fsp3) is 0.500. The molecular formula is C28H38N4O3. The number of amides is 1. The number of aromatic amines is 1. The van der Waals surface area contributed by atoms with E-state index in [2.05, 4.69) is 29.3 Å². The monoisotopic (exact) mass is 478 g/mol. The fourth-order valence-electron chi connectivity index (χ4n) is 4.99. The summed E-state index contributed by atoms with van der Waals surface area (Å²) in [6.45, 7) is 7.87. The van der Waals surface area contributed by atoms with Crippen molar-refractivity contribution in [3.8, 4) is 5.75 Å². The molecular weight excluding hydrogens is 440 g/mol. The molecule has 0 saturated carbocycles. The second-order valence-electron chi connectivity index (χ2n) is 9.54. The van der Waals surface area contributed by atoms with Gasteiger partial charge in [-0.25, -0.2) is 0 Å². The van der Waals surface area contributed by atoms with Gasteiger partial charge in [0.25, 0.3) is 5.91 Å². The first-order chi connectivity index (χ1) is 16.9. The van der Waals surface area contributed by atoms with E-state index in [1.807, 2.05) is 23.1 Å². The molecule has 7 heteroatoms. The lowest BCUT2D eigenvalue weighted by molar-refractivity contribution is -0.116. The van der Waals surface area contributed by atoms with E-state index in [4.69, 9.17) is 5.11 Å². The van der Waals surface area contributed by atoms with Crippen LogP contribution >= 0.6 is 0 Å². The molecule has 2 heterocycles. The quantitative estimate of drug-likeness (QED) is 0.442. The summed E-state index contributed by atoms with van der Waals surface area (Å²) < 4.78 is 0. The minimum Gasteiger partial charge on any atom is -0.508 e. The number of benzene rings is 2. The van der Waals surface area contributed by atoms with E-state index in [0.29, 0.717) is 12.0 Å². The van der Waals surface area contributed by atoms with E-state index in [1.165, 1.54) is 25.7 Å². The molecule has 1 aliphatic heterocycles. The first-order valence-electron chi connectivity index (χ1n) is 12.8. The Labute approximate surface area is 207 Å². The predicted molar refractivity (Wildman–Crippen MR) is 138 cm³/mol. The number of nitrogens with zero attached hydrogens (tertiary/aromatic N) is 3. The number of phenols is 1. The number of aromatic nitrogens is 3. The van der Waals surface area contributed by atoms with Crippen molar-refractivity contribution < 1.29 is 14.7 Å². The number of rotatable bonds is 8. The second-order valence-corrected chi connectivity index (χ2v) is 9.54. The lowest BCUT2D eigenvalue weighted by Crippen LogP contribution is -2.40. The van der Waals surface area contributed by atoms with Crippen LogP contribution in [0.2, 0.25) is 0 Å². The van der Waals surface area contributed by atoms with Crippen molar-refractivity contribution in [2.45, 2.75) is 65.7 Å². The van der Waals surface area contributed by atoms with E-state index in [9.17, 15) is 9.59 Å². The van der Waals surface area contributed by atoms with Crippen molar-refractivity contribution in [3.63, 3.8) is 0 Å². The number of carbonyl (C=O) groups is 2. The van der Waals surface area contributed by atoms with Crippen LogP contribution in [0, 0.1) is 11.8 Å². The Morgan fingerprint density at radius 2 is 1.63 bits per heavy atom. The molecule has 7 nitrogen and oxygen atoms in total. The van der Waals surface area contributed by atoms with Crippen LogP contribution in [0.4, 0.5) is 0 Å². The first kappa shape index (κ1) is 26.4. The topological polar surface area (TPSA) is 99.2 Å². The van der Waals surface area contributed by atoms with Crippen LogP contribution in [0.5, 0.6) is 5.75 Å². The number of aromatic hydroxyl groups is 1. The van der Waals surface area contributed by atoms with Gasteiger partial charge in [-0.2, -0.15) is 15.4 Å². The second kappa shape index (κ2) is 13.0. The molecule has 188 valence electrons. The van der Waals surface area contributed by atoms with Gasteiger partial charge in [-0.15, -0.1) is 0 Å². The van der Waals surface area contributed by atoms with Crippen LogP contribution in [0.1, 0.15) is 75.2 Å². The van der Waals surface area contributed by atoms with Gasteiger partial charge < -0.3 is 10.0 Å². The molecule has 2 N–H and O–H groups in total. The summed E-state index contributed by atoms with van der Waals surface area (Å²) in [5, 5.41) is 19.6. The smallest absolute Gasteiger partial charge is 0.253 e. The third-order valence-corrected chi connectivity index (χ3v) is 6.77. The standard InChI is InChI=1S/C19H28N4O.C9H10O2/c1-3-5-14(6-4-2)15-9-11-23(12-10-15)19(24)16-7-8-17-18(13-16)21-22-20-17;1-7(10)6-8-2-4-9(11)5-3-8/h7-8,13-15H,3-6,9-12H2,1-2H3,(H,20,21,22);2-5,11H,6H2,1H3. The Bertz CT molecular complexity index is 1080. The van der Waals surface area contributed by atoms with E-state index in [0.717, 1.165) is 54.4 Å². The van der Waals surface area contributed by atoms with Gasteiger partial charge in [0.1, 0.15) is 22.6 Å². The third-order valence-electron chi connectivity index (χ3n) is 6.77. The molecule has 1 aliphatic rings. The summed E-state index contributed by atoms with van der Waals surface area (Å²) in [4.78, 5) is 25.4. The zero-order valence-corrected chi connectivity index (χ0v) is 21.2. The predicted octanol–water partition coefficient (Wildman–Crippen LogP) is 5.55. The Hall–Kier alpha value is -3.22. The number of H-pyrrole nitrogens is 1. The fourth-order valence-corrected chi connectivity index (χ4v) is 4.99. The van der Waals surface area contributed by atoms with Crippen LogP contribution in [0.3, 0.4) is 0 Å². The molecule has 35 heavy (non-hydrogen) atoms. The highest BCUT2D eigenvalue weighted by molar-refractivity contribution is 5.97. The molecule has 1 aromatic heterocycles. The minimum absolute atomic E-state index is 0.126. The van der Waals surface area contributed by atoms with Gasteiger partial charge in [-0.3, -0.25) is 9.59 Å². The number of ketones is 1. The van der Waals surface area contributed by atoms with Crippen LogP contribution < -0.4 is 0 Å². The Kier molecular flexibility index (Phi) is 9.82. The summed E-state index contributed by atoms with van der Waals surface area (Å²) in [6, 6.07) is 12.2. The van der Waals surface area contributed by atoms with Crippen LogP contribution in [0.25, 0.3) is 11.0 Å². The number of Topliss-reactive ketones (excluding diaryl/α,β-unsaturated/α-hetero) is 1. The maximum atomic E-state index is 12.8. The minimum atomic E-state index is 0.126. The molecule has 0 bridgehead atoms. The van der Waals surface area contributed by atoms with E-state index < -0.39 is 0 Å². The van der Waals surface area contributed by atoms with Gasteiger partial charge in [-0.05, 0) is 67.5 Å². The first-order valence-corrected chi connectivity index (χ1v) is 12.8. The van der Waals surface area contributed by atoms with Crippen LogP contribution in [0.15, 0.2) is 42.5 Å². The van der Waals surface area contributed by atoms with Crippen LogP contribution in [-0.4, -0.2) is 50.2 Å². The summed E-state index contributed by atoms with van der Waals surface area (Å²) in [7, 11) is 0. The highest BCUT2D eigenvalue weighted by Gasteiger charge is 2.28. The highest BCUT2D eigenvalue weighted by Crippen LogP contribution is 2.32. The number of carbonyl (C=O) groups excluding carboxylic acids is 2. The van der Waals surface area contributed by atoms with E-state index in [-0.39, 0.29) is 17.4 Å².